The van der Waals surface area contributed by atoms with Crippen LogP contribution in [0.25, 0.3) is 20.4 Å². The predicted molar refractivity (Wildman–Crippen MR) is 93.4 cm³/mol. The Labute approximate surface area is 139 Å². The molecule has 0 fully saturated rings. The van der Waals surface area contributed by atoms with Crippen LogP contribution in [0.4, 0.5) is 5.13 Å². The summed E-state index contributed by atoms with van der Waals surface area (Å²) in [7, 11) is 1.79. The molecule has 1 N–H and O–H groups in total. The maximum Gasteiger partial charge on any atom is 0.278 e. The number of rotatable bonds is 2. The number of nitrogens with zero attached hydrogens (tertiary/aromatic N) is 4. The summed E-state index contributed by atoms with van der Waals surface area (Å²) in [6.45, 7) is 3.85. The lowest BCUT2D eigenvalue weighted by molar-refractivity contribution is 0.102. The summed E-state index contributed by atoms with van der Waals surface area (Å²) in [5, 5.41) is 8.61. The Hall–Kier alpha value is -2.32. The SMILES string of the molecule is Cc1nc2c(ccc3nc(NC(=O)c4nn(C)cc4C)sc32)s1. The molecule has 4 aromatic rings. The van der Waals surface area contributed by atoms with Crippen molar-refractivity contribution in [3.05, 3.63) is 34.6 Å². The second-order valence-corrected chi connectivity index (χ2v) is 7.53. The number of anilines is 1. The number of aryl methyl sites for hydroxylation is 3. The van der Waals surface area contributed by atoms with E-state index in [0.29, 0.717) is 10.8 Å². The molecule has 0 unspecified atom stereocenters. The topological polar surface area (TPSA) is 72.7 Å². The summed E-state index contributed by atoms with van der Waals surface area (Å²) in [6.07, 6.45) is 1.81. The summed E-state index contributed by atoms with van der Waals surface area (Å²) in [4.78, 5) is 21.4. The van der Waals surface area contributed by atoms with Crippen LogP contribution in [0.5, 0.6) is 0 Å². The molecule has 0 spiro atoms. The predicted octanol–water partition coefficient (Wildman–Crippen LogP) is 3.51. The Bertz CT molecular complexity index is 1060. The average Bonchev–Trinajstić information content (AvgIpc) is 3.14. The third-order valence-corrected chi connectivity index (χ3v) is 5.40. The van der Waals surface area contributed by atoms with Crippen molar-refractivity contribution in [2.45, 2.75) is 13.8 Å². The van der Waals surface area contributed by atoms with E-state index < -0.39 is 0 Å². The highest BCUT2D eigenvalue weighted by molar-refractivity contribution is 7.24. The van der Waals surface area contributed by atoms with E-state index in [0.717, 1.165) is 31.0 Å². The summed E-state index contributed by atoms with van der Waals surface area (Å²) in [5.41, 5.74) is 3.06. The van der Waals surface area contributed by atoms with Crippen LogP contribution in [0.3, 0.4) is 0 Å². The average molecular weight is 343 g/mol. The summed E-state index contributed by atoms with van der Waals surface area (Å²) in [6, 6.07) is 3.99. The van der Waals surface area contributed by atoms with E-state index in [4.69, 9.17) is 0 Å². The minimum Gasteiger partial charge on any atom is -0.296 e. The van der Waals surface area contributed by atoms with Crippen molar-refractivity contribution in [1.82, 2.24) is 19.7 Å². The number of benzene rings is 1. The Morgan fingerprint density at radius 2 is 2.04 bits per heavy atom. The van der Waals surface area contributed by atoms with E-state index in [9.17, 15) is 4.79 Å². The third kappa shape index (κ3) is 2.40. The minimum atomic E-state index is -0.243. The molecule has 23 heavy (non-hydrogen) atoms. The van der Waals surface area contributed by atoms with Crippen LogP contribution in [0.1, 0.15) is 21.1 Å². The van der Waals surface area contributed by atoms with Gasteiger partial charge < -0.3 is 0 Å². The quantitative estimate of drug-likeness (QED) is 0.604. The molecule has 0 saturated heterocycles. The molecule has 0 aliphatic rings. The third-order valence-electron chi connectivity index (χ3n) is 3.47. The molecule has 0 radical (unpaired) electrons. The van der Waals surface area contributed by atoms with Gasteiger partial charge in [-0.25, -0.2) is 9.97 Å². The number of carbonyl (C=O) groups excluding carboxylic acids is 1. The Morgan fingerprint density at radius 3 is 2.78 bits per heavy atom. The van der Waals surface area contributed by atoms with Gasteiger partial charge in [0.15, 0.2) is 10.8 Å². The van der Waals surface area contributed by atoms with Gasteiger partial charge in [0.2, 0.25) is 0 Å². The number of fused-ring (bicyclic) bond motifs is 3. The van der Waals surface area contributed by atoms with Gasteiger partial charge in [0.25, 0.3) is 5.91 Å². The zero-order valence-corrected chi connectivity index (χ0v) is 14.4. The number of thiazole rings is 2. The molecule has 0 atom stereocenters. The maximum absolute atomic E-state index is 12.4. The summed E-state index contributed by atoms with van der Waals surface area (Å²) >= 11 is 3.10. The van der Waals surface area contributed by atoms with Crippen molar-refractivity contribution in [2.24, 2.45) is 7.05 Å². The smallest absolute Gasteiger partial charge is 0.278 e. The van der Waals surface area contributed by atoms with E-state index >= 15 is 0 Å². The van der Waals surface area contributed by atoms with Crippen LogP contribution in [-0.2, 0) is 7.05 Å². The fourth-order valence-electron chi connectivity index (χ4n) is 2.53. The highest BCUT2D eigenvalue weighted by Crippen LogP contribution is 2.34. The summed E-state index contributed by atoms with van der Waals surface area (Å²) < 4.78 is 3.77. The van der Waals surface area contributed by atoms with Gasteiger partial charge in [-0.2, -0.15) is 5.10 Å². The maximum atomic E-state index is 12.4. The van der Waals surface area contributed by atoms with Gasteiger partial charge in [-0.05, 0) is 26.0 Å². The van der Waals surface area contributed by atoms with E-state index in [1.165, 1.54) is 11.3 Å². The number of aromatic nitrogens is 4. The normalized spacial score (nSPS) is 11.4. The Balaban J connectivity index is 1.73. The molecule has 116 valence electrons. The van der Waals surface area contributed by atoms with Crippen LogP contribution < -0.4 is 5.32 Å². The van der Waals surface area contributed by atoms with E-state index in [1.54, 1.807) is 23.1 Å². The molecule has 4 rings (SSSR count). The second kappa shape index (κ2) is 5.10. The van der Waals surface area contributed by atoms with Gasteiger partial charge in [0.05, 0.1) is 19.9 Å². The molecule has 6 nitrogen and oxygen atoms in total. The molecule has 3 heterocycles. The van der Waals surface area contributed by atoms with Crippen LogP contribution in [0.15, 0.2) is 18.3 Å². The van der Waals surface area contributed by atoms with E-state index in [1.807, 2.05) is 32.2 Å². The standard InChI is InChI=1S/C15H13N5OS2/c1-7-6-20(3)19-11(7)14(21)18-15-17-9-4-5-10-12(13(9)23-15)16-8(2)22-10/h4-6H,1-3H3,(H,17,18,21). The number of amides is 1. The van der Waals surface area contributed by atoms with Crippen molar-refractivity contribution in [3.8, 4) is 0 Å². The number of carbonyl (C=O) groups is 1. The molecule has 0 aliphatic carbocycles. The monoisotopic (exact) mass is 343 g/mol. The van der Waals surface area contributed by atoms with Crippen LogP contribution in [0, 0.1) is 13.8 Å². The molecule has 1 amide bonds. The van der Waals surface area contributed by atoms with Crippen molar-refractivity contribution >= 4 is 54.1 Å². The fraction of sp³-hybridized carbons (Fsp3) is 0.200. The first-order valence-electron chi connectivity index (χ1n) is 6.99. The molecule has 8 heteroatoms. The Kier molecular flexibility index (Phi) is 3.17. The molecule has 0 bridgehead atoms. The van der Waals surface area contributed by atoms with Gasteiger partial charge in [-0.3, -0.25) is 14.8 Å². The van der Waals surface area contributed by atoms with E-state index in [-0.39, 0.29) is 5.91 Å². The largest absolute Gasteiger partial charge is 0.296 e. The first kappa shape index (κ1) is 14.3. The first-order valence-corrected chi connectivity index (χ1v) is 8.63. The van der Waals surface area contributed by atoms with Gasteiger partial charge in [-0.1, -0.05) is 11.3 Å². The molecular weight excluding hydrogens is 330 g/mol. The minimum absolute atomic E-state index is 0.243. The Morgan fingerprint density at radius 1 is 1.22 bits per heavy atom. The first-order chi connectivity index (χ1) is 11.0. The highest BCUT2D eigenvalue weighted by Gasteiger charge is 2.16. The van der Waals surface area contributed by atoms with Crippen LogP contribution >= 0.6 is 22.7 Å². The van der Waals surface area contributed by atoms with Crippen LogP contribution in [-0.4, -0.2) is 25.7 Å². The molecule has 0 aliphatic heterocycles. The highest BCUT2D eigenvalue weighted by atomic mass is 32.1. The van der Waals surface area contributed by atoms with Gasteiger partial charge in [-0.15, -0.1) is 11.3 Å². The molecule has 1 aromatic carbocycles. The fourth-order valence-corrected chi connectivity index (χ4v) is 4.38. The lowest BCUT2D eigenvalue weighted by Crippen LogP contribution is -2.13. The number of hydrogen-bond acceptors (Lipinski definition) is 6. The lowest BCUT2D eigenvalue weighted by atomic mass is 10.3. The number of hydrogen-bond donors (Lipinski definition) is 1. The van der Waals surface area contributed by atoms with Crippen molar-refractivity contribution in [2.75, 3.05) is 5.32 Å². The van der Waals surface area contributed by atoms with Crippen LogP contribution in [0.2, 0.25) is 0 Å². The van der Waals surface area contributed by atoms with Crippen molar-refractivity contribution in [1.29, 1.82) is 0 Å². The molecule has 3 aromatic heterocycles. The zero-order valence-electron chi connectivity index (χ0n) is 12.7. The van der Waals surface area contributed by atoms with Gasteiger partial charge >= 0.3 is 0 Å². The van der Waals surface area contributed by atoms with Gasteiger partial charge in [0.1, 0.15) is 5.52 Å². The van der Waals surface area contributed by atoms with E-state index in [2.05, 4.69) is 20.4 Å². The number of nitrogens with one attached hydrogen (secondary N) is 1. The van der Waals surface area contributed by atoms with Crippen molar-refractivity contribution in [3.63, 3.8) is 0 Å². The molecule has 0 saturated carbocycles. The van der Waals surface area contributed by atoms with Crippen molar-refractivity contribution < 1.29 is 4.79 Å². The van der Waals surface area contributed by atoms with Gasteiger partial charge in [0, 0.05) is 18.8 Å². The molecular formula is C15H13N5OS2. The lowest BCUT2D eigenvalue weighted by Gasteiger charge is -1.98. The zero-order chi connectivity index (χ0) is 16.1. The second-order valence-electron chi connectivity index (χ2n) is 5.30. The summed E-state index contributed by atoms with van der Waals surface area (Å²) in [5.74, 6) is -0.243.